The van der Waals surface area contributed by atoms with Crippen molar-refractivity contribution in [3.05, 3.63) is 0 Å². The van der Waals surface area contributed by atoms with Gasteiger partial charge >= 0.3 is 0 Å². The van der Waals surface area contributed by atoms with Gasteiger partial charge in [-0.25, -0.2) is 0 Å². The predicted molar refractivity (Wildman–Crippen MR) is 83.6 cm³/mol. The smallest absolute Gasteiger partial charge is 0.000654 e. The molecular weight excluding hydrogens is 232 g/mol. The monoisotopic (exact) mass is 266 g/mol. The molecule has 1 spiro atoms. The van der Waals surface area contributed by atoms with Crippen LogP contribution in [0.1, 0.15) is 65.2 Å². The molecule has 2 nitrogen and oxygen atoms in total. The molecule has 0 N–H and O–H groups in total. The molecule has 2 fully saturated rings. The Balaban J connectivity index is 1.63. The van der Waals surface area contributed by atoms with Gasteiger partial charge in [-0.1, -0.05) is 33.1 Å². The maximum Gasteiger partial charge on any atom is -0.000654 e. The first kappa shape index (κ1) is 15.3. The highest BCUT2D eigenvalue weighted by Crippen LogP contribution is 2.44. The first-order valence-electron chi connectivity index (χ1n) is 8.73. The van der Waals surface area contributed by atoms with Crippen molar-refractivity contribution in [1.29, 1.82) is 0 Å². The fourth-order valence-corrected chi connectivity index (χ4v) is 4.11. The second kappa shape index (κ2) is 7.64. The Morgan fingerprint density at radius 1 is 0.895 bits per heavy atom. The Kier molecular flexibility index (Phi) is 6.15. The van der Waals surface area contributed by atoms with Crippen LogP contribution >= 0.6 is 0 Å². The van der Waals surface area contributed by atoms with Gasteiger partial charge in [0.2, 0.25) is 0 Å². The highest BCUT2D eigenvalue weighted by molar-refractivity contribution is 4.88. The number of hydrogen-bond donors (Lipinski definition) is 0. The molecule has 1 saturated heterocycles. The predicted octanol–water partition coefficient (Wildman–Crippen LogP) is 3.76. The third-order valence-corrected chi connectivity index (χ3v) is 5.67. The molecule has 1 aliphatic heterocycles. The summed E-state index contributed by atoms with van der Waals surface area (Å²) >= 11 is 0. The second-order valence-corrected chi connectivity index (χ2v) is 6.78. The zero-order chi connectivity index (χ0) is 13.6. The summed E-state index contributed by atoms with van der Waals surface area (Å²) in [5, 5.41) is 0. The van der Waals surface area contributed by atoms with Crippen LogP contribution in [0.4, 0.5) is 0 Å². The van der Waals surface area contributed by atoms with Crippen LogP contribution in [-0.4, -0.2) is 49.1 Å². The quantitative estimate of drug-likeness (QED) is 0.722. The number of hydrogen-bond acceptors (Lipinski definition) is 2. The minimum atomic E-state index is 0.771. The van der Waals surface area contributed by atoms with Gasteiger partial charge in [0.05, 0.1) is 0 Å². The third kappa shape index (κ3) is 4.46. The number of likely N-dealkylation sites (tertiary alicyclic amines) is 1. The fraction of sp³-hybridized carbons (Fsp3) is 1.00. The first-order valence-corrected chi connectivity index (χ1v) is 8.73. The first-order chi connectivity index (χ1) is 9.28. The van der Waals surface area contributed by atoms with Crippen molar-refractivity contribution in [2.75, 3.05) is 39.3 Å². The second-order valence-electron chi connectivity index (χ2n) is 6.78. The molecule has 19 heavy (non-hydrogen) atoms. The summed E-state index contributed by atoms with van der Waals surface area (Å²) in [7, 11) is 0. The van der Waals surface area contributed by atoms with Crippen LogP contribution in [0.3, 0.4) is 0 Å². The molecule has 2 heteroatoms. The van der Waals surface area contributed by atoms with Gasteiger partial charge in [-0.3, -0.25) is 0 Å². The van der Waals surface area contributed by atoms with Gasteiger partial charge in [0.25, 0.3) is 0 Å². The van der Waals surface area contributed by atoms with Gasteiger partial charge in [0, 0.05) is 0 Å². The SMILES string of the molecule is CCN(CC)CCCN1CCC2(CCCCC2)CC1. The molecule has 0 aromatic rings. The molecule has 0 aromatic carbocycles. The molecule has 0 atom stereocenters. The van der Waals surface area contributed by atoms with Crippen molar-refractivity contribution in [3.63, 3.8) is 0 Å². The van der Waals surface area contributed by atoms with Gasteiger partial charge in [0.1, 0.15) is 0 Å². The number of nitrogens with zero attached hydrogens (tertiary/aromatic N) is 2. The Bertz CT molecular complexity index is 232. The number of rotatable bonds is 6. The summed E-state index contributed by atoms with van der Waals surface area (Å²) in [5.41, 5.74) is 0.771. The Labute approximate surface area is 120 Å². The largest absolute Gasteiger partial charge is 0.304 e. The lowest BCUT2D eigenvalue weighted by molar-refractivity contribution is 0.0658. The van der Waals surface area contributed by atoms with Crippen LogP contribution in [0.15, 0.2) is 0 Å². The highest BCUT2D eigenvalue weighted by Gasteiger charge is 2.35. The van der Waals surface area contributed by atoms with Gasteiger partial charge in [-0.15, -0.1) is 0 Å². The molecule has 0 amide bonds. The van der Waals surface area contributed by atoms with Crippen LogP contribution in [0.25, 0.3) is 0 Å². The van der Waals surface area contributed by atoms with Crippen molar-refractivity contribution >= 4 is 0 Å². The summed E-state index contributed by atoms with van der Waals surface area (Å²) in [6.07, 6.45) is 11.9. The van der Waals surface area contributed by atoms with Crippen LogP contribution in [0.2, 0.25) is 0 Å². The molecule has 0 bridgehead atoms. The zero-order valence-corrected chi connectivity index (χ0v) is 13.3. The van der Waals surface area contributed by atoms with Gasteiger partial charge in [-0.05, 0) is 76.8 Å². The standard InChI is InChI=1S/C17H34N2/c1-3-18(4-2)13-8-14-19-15-11-17(12-16-19)9-6-5-7-10-17/h3-16H2,1-2H3. The number of piperidine rings is 1. The lowest BCUT2D eigenvalue weighted by atomic mass is 9.68. The van der Waals surface area contributed by atoms with Gasteiger partial charge in [-0.2, -0.15) is 0 Å². The molecule has 2 rings (SSSR count). The molecule has 0 aromatic heterocycles. The molecule has 0 radical (unpaired) electrons. The van der Waals surface area contributed by atoms with Crippen LogP contribution in [-0.2, 0) is 0 Å². The fourth-order valence-electron chi connectivity index (χ4n) is 4.11. The molecule has 1 heterocycles. The summed E-state index contributed by atoms with van der Waals surface area (Å²) in [5.74, 6) is 0. The van der Waals surface area contributed by atoms with E-state index in [1.165, 1.54) is 90.6 Å². The van der Waals surface area contributed by atoms with E-state index in [-0.39, 0.29) is 0 Å². The van der Waals surface area contributed by atoms with Crippen LogP contribution in [0, 0.1) is 5.41 Å². The molecule has 0 unspecified atom stereocenters. The maximum atomic E-state index is 2.73. The van der Waals surface area contributed by atoms with E-state index >= 15 is 0 Å². The van der Waals surface area contributed by atoms with E-state index in [0.29, 0.717) is 0 Å². The van der Waals surface area contributed by atoms with Crippen LogP contribution in [0.5, 0.6) is 0 Å². The summed E-state index contributed by atoms with van der Waals surface area (Å²) < 4.78 is 0. The van der Waals surface area contributed by atoms with E-state index in [9.17, 15) is 0 Å². The Morgan fingerprint density at radius 2 is 1.53 bits per heavy atom. The van der Waals surface area contributed by atoms with E-state index < -0.39 is 0 Å². The van der Waals surface area contributed by atoms with Crippen molar-refractivity contribution in [3.8, 4) is 0 Å². The van der Waals surface area contributed by atoms with E-state index in [4.69, 9.17) is 0 Å². The van der Waals surface area contributed by atoms with E-state index in [2.05, 4.69) is 23.6 Å². The highest BCUT2D eigenvalue weighted by atomic mass is 15.1. The lowest BCUT2D eigenvalue weighted by Crippen LogP contribution is -2.42. The van der Waals surface area contributed by atoms with Gasteiger partial charge < -0.3 is 9.80 Å². The lowest BCUT2D eigenvalue weighted by Gasteiger charge is -2.44. The normalized spacial score (nSPS) is 24.2. The van der Waals surface area contributed by atoms with Crippen molar-refractivity contribution < 1.29 is 0 Å². The molecular formula is C17H34N2. The average molecular weight is 266 g/mol. The molecule has 1 saturated carbocycles. The third-order valence-electron chi connectivity index (χ3n) is 5.67. The molecule has 112 valence electrons. The zero-order valence-electron chi connectivity index (χ0n) is 13.3. The summed E-state index contributed by atoms with van der Waals surface area (Å²) in [4.78, 5) is 5.27. The maximum absolute atomic E-state index is 2.73. The van der Waals surface area contributed by atoms with E-state index in [1.54, 1.807) is 0 Å². The minimum Gasteiger partial charge on any atom is -0.304 e. The molecule has 2 aliphatic rings. The minimum absolute atomic E-state index is 0.771. The van der Waals surface area contributed by atoms with Gasteiger partial charge in [0.15, 0.2) is 0 Å². The average Bonchev–Trinajstić information content (AvgIpc) is 2.47. The summed E-state index contributed by atoms with van der Waals surface area (Å²) in [6, 6.07) is 0. The Morgan fingerprint density at radius 3 is 2.11 bits per heavy atom. The summed E-state index contributed by atoms with van der Waals surface area (Å²) in [6.45, 7) is 12.3. The van der Waals surface area contributed by atoms with E-state index in [0.717, 1.165) is 5.41 Å². The topological polar surface area (TPSA) is 6.48 Å². The van der Waals surface area contributed by atoms with E-state index in [1.807, 2.05) is 0 Å². The van der Waals surface area contributed by atoms with Crippen molar-refractivity contribution in [2.45, 2.75) is 65.2 Å². The van der Waals surface area contributed by atoms with Crippen LogP contribution < -0.4 is 0 Å². The Hall–Kier alpha value is -0.0800. The van der Waals surface area contributed by atoms with Crippen molar-refractivity contribution in [1.82, 2.24) is 9.80 Å². The molecule has 1 aliphatic carbocycles. The van der Waals surface area contributed by atoms with Crippen molar-refractivity contribution in [2.24, 2.45) is 5.41 Å².